The Balaban J connectivity index is 1.70. The molecule has 0 radical (unpaired) electrons. The summed E-state index contributed by atoms with van der Waals surface area (Å²) >= 11 is 6.54. The molecule has 0 spiro atoms. The van der Waals surface area contributed by atoms with Crippen LogP contribution in [-0.4, -0.2) is 60.7 Å². The van der Waals surface area contributed by atoms with Crippen molar-refractivity contribution in [2.45, 2.75) is 25.8 Å². The summed E-state index contributed by atoms with van der Waals surface area (Å²) in [4.78, 5) is 40.2. The first-order chi connectivity index (χ1) is 12.8. The van der Waals surface area contributed by atoms with Gasteiger partial charge in [-0.2, -0.15) is 0 Å². The fraction of sp³-hybridized carbons (Fsp3) is 0.444. The van der Waals surface area contributed by atoms with Crippen LogP contribution in [0.25, 0.3) is 6.08 Å². The average molecular weight is 408 g/mol. The molecule has 1 atom stereocenters. The summed E-state index contributed by atoms with van der Waals surface area (Å²) in [5, 5.41) is 9.08. The molecule has 9 heteroatoms. The van der Waals surface area contributed by atoms with Gasteiger partial charge in [-0.3, -0.25) is 19.3 Å². The monoisotopic (exact) mass is 407 g/mol. The molecule has 3 heterocycles. The van der Waals surface area contributed by atoms with E-state index < -0.39 is 17.9 Å². The number of carbonyl (C=O) groups excluding carboxylic acids is 2. The van der Waals surface area contributed by atoms with Gasteiger partial charge in [0.15, 0.2) is 0 Å². The van der Waals surface area contributed by atoms with Crippen LogP contribution in [0.1, 0.15) is 25.5 Å². The molecule has 2 fully saturated rings. The van der Waals surface area contributed by atoms with Crippen molar-refractivity contribution in [1.82, 2.24) is 14.4 Å². The minimum absolute atomic E-state index is 0.199. The van der Waals surface area contributed by atoms with E-state index in [1.54, 1.807) is 17.9 Å². The number of carbonyl (C=O) groups is 3. The van der Waals surface area contributed by atoms with Gasteiger partial charge >= 0.3 is 5.97 Å². The van der Waals surface area contributed by atoms with Crippen molar-refractivity contribution in [3.05, 3.63) is 28.9 Å². The molecule has 0 saturated carbocycles. The Bertz CT molecular complexity index is 824. The molecule has 1 aromatic rings. The van der Waals surface area contributed by atoms with Gasteiger partial charge in [0.05, 0.1) is 10.8 Å². The summed E-state index contributed by atoms with van der Waals surface area (Å²) in [6, 6.07) is 3.07. The van der Waals surface area contributed by atoms with Crippen LogP contribution < -0.4 is 0 Å². The Labute approximate surface area is 167 Å². The quantitative estimate of drug-likeness (QED) is 0.607. The van der Waals surface area contributed by atoms with Crippen molar-refractivity contribution < 1.29 is 19.5 Å². The van der Waals surface area contributed by atoms with E-state index in [0.717, 1.165) is 5.69 Å². The number of hydrogen-bond donors (Lipinski definition) is 1. The van der Waals surface area contributed by atoms with Crippen LogP contribution in [0.15, 0.2) is 23.2 Å². The molecule has 0 aliphatic carbocycles. The van der Waals surface area contributed by atoms with Crippen molar-refractivity contribution >= 4 is 52.2 Å². The van der Waals surface area contributed by atoms with Crippen molar-refractivity contribution in [2.24, 2.45) is 13.0 Å². The summed E-state index contributed by atoms with van der Waals surface area (Å²) in [5.74, 6) is -1.70. The van der Waals surface area contributed by atoms with Crippen LogP contribution in [-0.2, 0) is 21.4 Å². The maximum atomic E-state index is 12.8. The highest BCUT2D eigenvalue weighted by Crippen LogP contribution is 2.34. The normalized spacial score (nSPS) is 21.2. The van der Waals surface area contributed by atoms with Crippen LogP contribution in [0, 0.1) is 5.92 Å². The molecule has 1 unspecified atom stereocenters. The molecular formula is C18H21N3O4S2. The first-order valence-corrected chi connectivity index (χ1v) is 9.92. The largest absolute Gasteiger partial charge is 0.481 e. The molecule has 2 saturated heterocycles. The zero-order valence-electron chi connectivity index (χ0n) is 15.1. The molecule has 2 aliphatic heterocycles. The van der Waals surface area contributed by atoms with Gasteiger partial charge in [0.2, 0.25) is 5.91 Å². The van der Waals surface area contributed by atoms with Crippen LogP contribution in [0.3, 0.4) is 0 Å². The van der Waals surface area contributed by atoms with Crippen LogP contribution in [0.4, 0.5) is 0 Å². The Morgan fingerprint density at radius 2 is 2.04 bits per heavy atom. The Morgan fingerprint density at radius 3 is 2.59 bits per heavy atom. The molecule has 144 valence electrons. The van der Waals surface area contributed by atoms with E-state index in [2.05, 4.69) is 0 Å². The molecule has 1 aromatic heterocycles. The van der Waals surface area contributed by atoms with E-state index in [1.807, 2.05) is 29.9 Å². The van der Waals surface area contributed by atoms with E-state index in [-0.39, 0.29) is 11.8 Å². The molecular weight excluding hydrogens is 386 g/mol. The third-order valence-electron chi connectivity index (χ3n) is 4.99. The van der Waals surface area contributed by atoms with Gasteiger partial charge in [0.1, 0.15) is 10.4 Å². The average Bonchev–Trinajstić information content (AvgIpc) is 3.17. The van der Waals surface area contributed by atoms with Crippen LogP contribution >= 0.6 is 24.0 Å². The number of nitrogens with zero attached hydrogens (tertiary/aromatic N) is 3. The maximum Gasteiger partial charge on any atom is 0.306 e. The fourth-order valence-corrected chi connectivity index (χ4v) is 4.70. The minimum Gasteiger partial charge on any atom is -0.481 e. The van der Waals surface area contributed by atoms with Crippen molar-refractivity contribution in [3.63, 3.8) is 0 Å². The highest BCUT2D eigenvalue weighted by molar-refractivity contribution is 8.26. The third-order valence-corrected chi connectivity index (χ3v) is 6.32. The highest BCUT2D eigenvalue weighted by Gasteiger charge is 2.40. The molecule has 0 aromatic carbocycles. The lowest BCUT2D eigenvalue weighted by Crippen LogP contribution is -2.51. The molecule has 0 bridgehead atoms. The van der Waals surface area contributed by atoms with Gasteiger partial charge in [-0.1, -0.05) is 24.0 Å². The second-order valence-electron chi connectivity index (χ2n) is 6.71. The first kappa shape index (κ1) is 19.6. The smallest absolute Gasteiger partial charge is 0.306 e. The Hall–Kier alpha value is -2.13. The number of aromatic nitrogens is 1. The number of thioether (sulfide) groups is 1. The number of thiocarbonyl (C=S) groups is 1. The number of piperidine rings is 1. The maximum absolute atomic E-state index is 12.8. The highest BCUT2D eigenvalue weighted by atomic mass is 32.2. The van der Waals surface area contributed by atoms with Crippen molar-refractivity contribution in [2.75, 3.05) is 13.1 Å². The number of carboxylic acids is 1. The summed E-state index contributed by atoms with van der Waals surface area (Å²) in [6.07, 6.45) is 4.52. The molecule has 27 heavy (non-hydrogen) atoms. The number of hydrogen-bond acceptors (Lipinski definition) is 5. The number of aryl methyl sites for hydroxylation is 1. The molecule has 7 nitrogen and oxygen atoms in total. The van der Waals surface area contributed by atoms with Gasteiger partial charge in [-0.25, -0.2) is 0 Å². The van der Waals surface area contributed by atoms with Crippen molar-refractivity contribution in [3.8, 4) is 0 Å². The predicted octanol–water partition coefficient (Wildman–Crippen LogP) is 1.94. The SMILES string of the molecule is CC(C(=O)N1CCC(C(=O)O)CC1)N1C(=O)C(=Cc2cccn2C)SC1=S. The Kier molecular flexibility index (Phi) is 5.71. The first-order valence-electron chi connectivity index (χ1n) is 8.69. The third kappa shape index (κ3) is 3.93. The number of aliphatic carboxylic acids is 1. The molecule has 2 aliphatic rings. The summed E-state index contributed by atoms with van der Waals surface area (Å²) < 4.78 is 2.26. The van der Waals surface area contributed by atoms with Gasteiger partial charge in [0.25, 0.3) is 5.91 Å². The van der Waals surface area contributed by atoms with E-state index in [0.29, 0.717) is 35.2 Å². The zero-order valence-corrected chi connectivity index (χ0v) is 16.8. The lowest BCUT2D eigenvalue weighted by Gasteiger charge is -2.34. The number of likely N-dealkylation sites (tertiary alicyclic amines) is 1. The number of amides is 2. The summed E-state index contributed by atoms with van der Waals surface area (Å²) in [6.45, 7) is 2.43. The molecule has 1 N–H and O–H groups in total. The second kappa shape index (κ2) is 7.85. The van der Waals surface area contributed by atoms with Gasteiger partial charge in [-0.15, -0.1) is 0 Å². The van der Waals surface area contributed by atoms with E-state index in [9.17, 15) is 14.4 Å². The fourth-order valence-electron chi connectivity index (χ4n) is 3.29. The van der Waals surface area contributed by atoms with E-state index in [4.69, 9.17) is 17.3 Å². The zero-order chi connectivity index (χ0) is 19.7. The molecule has 3 rings (SSSR count). The van der Waals surface area contributed by atoms with Crippen LogP contribution in [0.5, 0.6) is 0 Å². The van der Waals surface area contributed by atoms with Gasteiger partial charge < -0.3 is 14.6 Å². The van der Waals surface area contributed by atoms with E-state index >= 15 is 0 Å². The van der Waals surface area contributed by atoms with Crippen molar-refractivity contribution in [1.29, 1.82) is 0 Å². The lowest BCUT2D eigenvalue weighted by atomic mass is 9.96. The summed E-state index contributed by atoms with van der Waals surface area (Å²) in [7, 11) is 1.89. The molecule has 2 amide bonds. The number of rotatable bonds is 4. The van der Waals surface area contributed by atoms with E-state index in [1.165, 1.54) is 16.7 Å². The minimum atomic E-state index is -0.821. The van der Waals surface area contributed by atoms with Crippen LogP contribution in [0.2, 0.25) is 0 Å². The standard InChI is InChI=1S/C18H21N3O4S2/c1-11(15(22)20-8-5-12(6-9-20)17(24)25)21-16(23)14(27-18(21)26)10-13-4-3-7-19(13)2/h3-4,7,10-12H,5-6,8-9H2,1-2H3,(H,24,25). The van der Waals surface area contributed by atoms with Gasteiger partial charge in [0, 0.05) is 32.0 Å². The lowest BCUT2D eigenvalue weighted by molar-refractivity contribution is -0.147. The topological polar surface area (TPSA) is 82.8 Å². The summed E-state index contributed by atoms with van der Waals surface area (Å²) in [5.41, 5.74) is 0.880. The number of carboxylic acid groups (broad SMARTS) is 1. The Morgan fingerprint density at radius 1 is 1.37 bits per heavy atom. The van der Waals surface area contributed by atoms with Gasteiger partial charge in [-0.05, 0) is 38.0 Å². The second-order valence-corrected chi connectivity index (χ2v) is 8.39. The predicted molar refractivity (Wildman–Crippen MR) is 107 cm³/mol.